The molecule has 0 saturated heterocycles. The summed E-state index contributed by atoms with van der Waals surface area (Å²) in [6, 6.07) is 3.21. The van der Waals surface area contributed by atoms with E-state index in [2.05, 4.69) is 5.32 Å². The molecule has 1 aromatic heterocycles. The number of nitrogens with one attached hydrogen (secondary N) is 1. The van der Waals surface area contributed by atoms with E-state index >= 15 is 0 Å². The molecule has 0 radical (unpaired) electrons. The Balaban J connectivity index is 2.57. The fraction of sp³-hybridized carbons (Fsp3) is 0.583. The average molecular weight is 272 g/mol. The largest absolute Gasteiger partial charge is 0.481 e. The van der Waals surface area contributed by atoms with Crippen LogP contribution in [-0.2, 0) is 4.79 Å². The first kappa shape index (κ1) is 15.1. The summed E-state index contributed by atoms with van der Waals surface area (Å²) >= 11 is 1.43. The van der Waals surface area contributed by atoms with Gasteiger partial charge in [0.15, 0.2) is 0 Å². The highest BCUT2D eigenvalue weighted by atomic mass is 32.1. The molecule has 0 spiro atoms. The minimum Gasteiger partial charge on any atom is -0.481 e. The Morgan fingerprint density at radius 1 is 1.56 bits per heavy atom. The van der Waals surface area contributed by atoms with Crippen LogP contribution in [0.3, 0.4) is 0 Å². The van der Waals surface area contributed by atoms with Crippen LogP contribution < -0.4 is 5.32 Å². The number of thiophene rings is 1. The van der Waals surface area contributed by atoms with Gasteiger partial charge in [-0.3, -0.25) is 4.79 Å². The summed E-state index contributed by atoms with van der Waals surface area (Å²) in [6.07, 6.45) is -0.866. The van der Waals surface area contributed by atoms with Crippen LogP contribution in [0.4, 0.5) is 0 Å². The van der Waals surface area contributed by atoms with E-state index in [1.54, 1.807) is 0 Å². The molecule has 3 N–H and O–H groups in total. The van der Waals surface area contributed by atoms with Crippen LogP contribution in [0, 0.1) is 0 Å². The first-order chi connectivity index (χ1) is 8.50. The lowest BCUT2D eigenvalue weighted by molar-refractivity contribution is -0.138. The first-order valence-corrected chi connectivity index (χ1v) is 6.70. The second-order valence-electron chi connectivity index (χ2n) is 4.42. The Labute approximate surface area is 111 Å². The molecule has 0 aliphatic carbocycles. The van der Waals surface area contributed by atoms with Crippen molar-refractivity contribution >= 4 is 17.3 Å². The molecule has 102 valence electrons. The third-order valence-electron chi connectivity index (χ3n) is 2.58. The van der Waals surface area contributed by atoms with Gasteiger partial charge in [-0.15, -0.1) is 11.3 Å². The van der Waals surface area contributed by atoms with E-state index < -0.39 is 18.1 Å². The van der Waals surface area contributed by atoms with Crippen molar-refractivity contribution in [3.05, 3.63) is 22.4 Å². The summed E-state index contributed by atoms with van der Waals surface area (Å²) in [4.78, 5) is 13.6. The van der Waals surface area contributed by atoms with Gasteiger partial charge in [-0.05, 0) is 25.5 Å². The third-order valence-corrected chi connectivity index (χ3v) is 3.52. The Morgan fingerprint density at radius 2 is 2.28 bits per heavy atom. The van der Waals surface area contributed by atoms with Crippen molar-refractivity contribution < 1.29 is 15.0 Å². The Bertz CT molecular complexity index is 354. The molecule has 0 aliphatic rings. The Hall–Kier alpha value is -0.950. The molecule has 0 aromatic carbocycles. The minimum absolute atomic E-state index is 0.0908. The van der Waals surface area contributed by atoms with Crippen LogP contribution in [0.15, 0.2) is 17.5 Å². The smallest absolute Gasteiger partial charge is 0.305 e. The van der Waals surface area contributed by atoms with Gasteiger partial charge in [-0.2, -0.15) is 0 Å². The number of hydrogen-bond acceptors (Lipinski definition) is 5. The lowest BCUT2D eigenvalue weighted by atomic mass is 10.1. The lowest BCUT2D eigenvalue weighted by Gasteiger charge is -2.23. The molecule has 0 fully saturated rings. The second kappa shape index (κ2) is 7.48. The fourth-order valence-electron chi connectivity index (χ4n) is 1.61. The maximum atomic E-state index is 10.8. The number of aliphatic hydroxyl groups is 1. The SMILES string of the molecule is CN(C)CCNC(CC(=O)O)C(O)c1cccs1. The quantitative estimate of drug-likeness (QED) is 0.652. The van der Waals surface area contributed by atoms with Crippen LogP contribution >= 0.6 is 11.3 Å². The van der Waals surface area contributed by atoms with Crippen molar-refractivity contribution in [2.75, 3.05) is 27.2 Å². The number of carboxylic acid groups (broad SMARTS) is 1. The number of carbonyl (C=O) groups is 1. The number of rotatable bonds is 8. The minimum atomic E-state index is -0.909. The summed E-state index contributed by atoms with van der Waals surface area (Å²) < 4.78 is 0. The normalized spacial score (nSPS) is 14.7. The molecule has 5 nitrogen and oxygen atoms in total. The number of carboxylic acids is 1. The molecule has 1 aromatic rings. The maximum absolute atomic E-state index is 10.8. The molecule has 0 bridgehead atoms. The summed E-state index contributed by atoms with van der Waals surface area (Å²) in [6.45, 7) is 1.45. The van der Waals surface area contributed by atoms with E-state index in [1.807, 2.05) is 36.5 Å². The molecule has 1 heterocycles. The molecule has 18 heavy (non-hydrogen) atoms. The van der Waals surface area contributed by atoms with Crippen molar-refractivity contribution in [3.8, 4) is 0 Å². The lowest BCUT2D eigenvalue weighted by Crippen LogP contribution is -2.40. The molecule has 0 aliphatic heterocycles. The van der Waals surface area contributed by atoms with Gasteiger partial charge in [0.1, 0.15) is 6.10 Å². The van der Waals surface area contributed by atoms with E-state index in [9.17, 15) is 9.90 Å². The number of hydrogen-bond donors (Lipinski definition) is 3. The van der Waals surface area contributed by atoms with Crippen LogP contribution in [0.1, 0.15) is 17.4 Å². The Morgan fingerprint density at radius 3 is 2.78 bits per heavy atom. The van der Waals surface area contributed by atoms with Gasteiger partial charge >= 0.3 is 5.97 Å². The molecule has 6 heteroatoms. The maximum Gasteiger partial charge on any atom is 0.305 e. The van der Waals surface area contributed by atoms with Crippen molar-refractivity contribution in [1.82, 2.24) is 10.2 Å². The summed E-state index contributed by atoms with van der Waals surface area (Å²) in [5.41, 5.74) is 0. The molecular formula is C12H20N2O3S. The highest BCUT2D eigenvalue weighted by molar-refractivity contribution is 7.10. The van der Waals surface area contributed by atoms with Gasteiger partial charge in [0.2, 0.25) is 0 Å². The van der Waals surface area contributed by atoms with Crippen molar-refractivity contribution in [1.29, 1.82) is 0 Å². The van der Waals surface area contributed by atoms with Crippen molar-refractivity contribution in [2.24, 2.45) is 0 Å². The molecule has 0 amide bonds. The fourth-order valence-corrected chi connectivity index (χ4v) is 2.39. The molecule has 0 saturated carbocycles. The Kier molecular flexibility index (Phi) is 6.28. The zero-order valence-electron chi connectivity index (χ0n) is 10.7. The van der Waals surface area contributed by atoms with Crippen molar-refractivity contribution in [3.63, 3.8) is 0 Å². The average Bonchev–Trinajstić information content (AvgIpc) is 2.79. The molecule has 1 rings (SSSR count). The highest BCUT2D eigenvalue weighted by Crippen LogP contribution is 2.23. The van der Waals surface area contributed by atoms with Crippen LogP contribution in [-0.4, -0.2) is 54.3 Å². The highest BCUT2D eigenvalue weighted by Gasteiger charge is 2.23. The predicted octanol–water partition coefficient (Wildman–Crippen LogP) is 0.776. The first-order valence-electron chi connectivity index (χ1n) is 5.82. The van der Waals surface area contributed by atoms with E-state index in [0.29, 0.717) is 6.54 Å². The molecule has 2 unspecified atom stereocenters. The topological polar surface area (TPSA) is 72.8 Å². The van der Waals surface area contributed by atoms with Gasteiger partial charge < -0.3 is 20.4 Å². The van der Waals surface area contributed by atoms with E-state index in [4.69, 9.17) is 5.11 Å². The van der Waals surface area contributed by atoms with Gasteiger partial charge in [0.05, 0.1) is 6.42 Å². The van der Waals surface area contributed by atoms with E-state index in [-0.39, 0.29) is 6.42 Å². The van der Waals surface area contributed by atoms with Gasteiger partial charge in [0, 0.05) is 24.0 Å². The number of aliphatic carboxylic acids is 1. The second-order valence-corrected chi connectivity index (χ2v) is 5.40. The standard InChI is InChI=1S/C12H20N2O3S/c1-14(2)6-5-13-9(8-11(15)16)12(17)10-4-3-7-18-10/h3-4,7,9,12-13,17H,5-6,8H2,1-2H3,(H,15,16). The molecule has 2 atom stereocenters. The summed E-state index contributed by atoms with van der Waals surface area (Å²) in [7, 11) is 3.90. The van der Waals surface area contributed by atoms with Gasteiger partial charge in [-0.1, -0.05) is 6.07 Å². The third kappa shape index (κ3) is 5.14. The molecular weight excluding hydrogens is 252 g/mol. The zero-order valence-corrected chi connectivity index (χ0v) is 11.5. The number of likely N-dealkylation sites (N-methyl/N-ethyl adjacent to an activating group) is 1. The summed E-state index contributed by atoms with van der Waals surface area (Å²) in [5, 5.41) is 24.0. The number of aliphatic hydroxyl groups excluding tert-OH is 1. The van der Waals surface area contributed by atoms with Crippen LogP contribution in [0.25, 0.3) is 0 Å². The van der Waals surface area contributed by atoms with Crippen LogP contribution in [0.5, 0.6) is 0 Å². The monoisotopic (exact) mass is 272 g/mol. The zero-order chi connectivity index (χ0) is 13.5. The number of nitrogens with zero attached hydrogens (tertiary/aromatic N) is 1. The van der Waals surface area contributed by atoms with E-state index in [1.165, 1.54) is 11.3 Å². The van der Waals surface area contributed by atoms with E-state index in [0.717, 1.165) is 11.4 Å². The van der Waals surface area contributed by atoms with Gasteiger partial charge in [0.25, 0.3) is 0 Å². The van der Waals surface area contributed by atoms with Gasteiger partial charge in [-0.25, -0.2) is 0 Å². The van der Waals surface area contributed by atoms with Crippen LogP contribution in [0.2, 0.25) is 0 Å². The summed E-state index contributed by atoms with van der Waals surface area (Å²) in [5.74, 6) is -0.909. The predicted molar refractivity (Wildman–Crippen MR) is 71.9 cm³/mol. The van der Waals surface area contributed by atoms with Crippen molar-refractivity contribution in [2.45, 2.75) is 18.6 Å².